The Bertz CT molecular complexity index is 314. The molecule has 1 N–H and O–H groups in total. The van der Waals surface area contributed by atoms with Crippen LogP contribution in [0.1, 0.15) is 18.9 Å². The maximum atomic E-state index is 5.48. The second kappa shape index (κ2) is 3.96. The van der Waals surface area contributed by atoms with Crippen molar-refractivity contribution >= 4 is 5.69 Å². The Hall–Kier alpha value is -1.09. The Balaban J connectivity index is 2.03. The molecule has 1 aromatic rings. The molecule has 0 amide bonds. The quantitative estimate of drug-likeness (QED) is 0.778. The van der Waals surface area contributed by atoms with E-state index in [9.17, 15) is 0 Å². The van der Waals surface area contributed by atoms with Crippen LogP contribution < -0.4 is 5.32 Å². The van der Waals surface area contributed by atoms with Crippen molar-refractivity contribution in [1.82, 2.24) is 4.98 Å². The summed E-state index contributed by atoms with van der Waals surface area (Å²) in [7, 11) is 0. The Kier molecular flexibility index (Phi) is 2.68. The normalized spacial score (nSPS) is 26.4. The smallest absolute Gasteiger partial charge is 0.0748 e. The van der Waals surface area contributed by atoms with E-state index in [-0.39, 0.29) is 0 Å². The lowest BCUT2D eigenvalue weighted by atomic mass is 10.1. The molecule has 14 heavy (non-hydrogen) atoms. The molecule has 0 aliphatic carbocycles. The Labute approximate surface area is 84.5 Å². The minimum Gasteiger partial charge on any atom is -0.378 e. The molecule has 2 unspecified atom stereocenters. The fourth-order valence-corrected chi connectivity index (χ4v) is 1.77. The molecule has 0 radical (unpaired) electrons. The summed E-state index contributed by atoms with van der Waals surface area (Å²) in [6.45, 7) is 5.01. The van der Waals surface area contributed by atoms with Crippen molar-refractivity contribution in [2.24, 2.45) is 0 Å². The zero-order valence-corrected chi connectivity index (χ0v) is 8.66. The molecule has 0 saturated carbocycles. The summed E-state index contributed by atoms with van der Waals surface area (Å²) >= 11 is 0. The highest BCUT2D eigenvalue weighted by Crippen LogP contribution is 2.18. The molecule has 1 saturated heterocycles. The molecule has 3 heteroatoms. The van der Waals surface area contributed by atoms with Crippen molar-refractivity contribution in [3.05, 3.63) is 24.0 Å². The van der Waals surface area contributed by atoms with Crippen molar-refractivity contribution in [3.8, 4) is 0 Å². The average molecular weight is 192 g/mol. The van der Waals surface area contributed by atoms with E-state index in [1.807, 2.05) is 19.3 Å². The average Bonchev–Trinajstić information content (AvgIpc) is 2.52. The zero-order valence-electron chi connectivity index (χ0n) is 8.66. The van der Waals surface area contributed by atoms with E-state index in [0.29, 0.717) is 12.1 Å². The number of ether oxygens (including phenoxy) is 1. The van der Waals surface area contributed by atoms with Crippen molar-refractivity contribution < 1.29 is 4.74 Å². The van der Waals surface area contributed by atoms with E-state index in [1.165, 1.54) is 5.56 Å². The van der Waals surface area contributed by atoms with Crippen LogP contribution in [-0.4, -0.2) is 23.7 Å². The van der Waals surface area contributed by atoms with Crippen molar-refractivity contribution in [1.29, 1.82) is 0 Å². The van der Waals surface area contributed by atoms with Gasteiger partial charge in [-0.1, -0.05) is 0 Å². The largest absolute Gasteiger partial charge is 0.378 e. The predicted molar refractivity (Wildman–Crippen MR) is 56.4 cm³/mol. The number of pyridine rings is 1. The molecule has 1 fully saturated rings. The summed E-state index contributed by atoms with van der Waals surface area (Å²) in [4.78, 5) is 4.15. The van der Waals surface area contributed by atoms with E-state index in [0.717, 1.165) is 18.7 Å². The number of hydrogen-bond acceptors (Lipinski definition) is 3. The van der Waals surface area contributed by atoms with Crippen LogP contribution in [0.25, 0.3) is 0 Å². The first-order chi connectivity index (χ1) is 6.75. The van der Waals surface area contributed by atoms with E-state index >= 15 is 0 Å². The molecular formula is C11H16N2O. The van der Waals surface area contributed by atoms with Gasteiger partial charge < -0.3 is 10.1 Å². The Morgan fingerprint density at radius 2 is 2.36 bits per heavy atom. The van der Waals surface area contributed by atoms with Gasteiger partial charge in [0.15, 0.2) is 0 Å². The maximum Gasteiger partial charge on any atom is 0.0748 e. The molecule has 2 rings (SSSR count). The van der Waals surface area contributed by atoms with Crippen LogP contribution in [0.3, 0.4) is 0 Å². The van der Waals surface area contributed by atoms with Gasteiger partial charge in [-0.3, -0.25) is 4.98 Å². The lowest BCUT2D eigenvalue weighted by molar-refractivity contribution is 0.121. The van der Waals surface area contributed by atoms with Crippen LogP contribution in [0.2, 0.25) is 0 Å². The molecule has 0 bridgehead atoms. The number of aryl methyl sites for hydroxylation is 1. The van der Waals surface area contributed by atoms with E-state index < -0.39 is 0 Å². The van der Waals surface area contributed by atoms with E-state index in [1.54, 1.807) is 0 Å². The van der Waals surface area contributed by atoms with Gasteiger partial charge in [0.25, 0.3) is 0 Å². The third-order valence-electron chi connectivity index (χ3n) is 2.60. The molecule has 2 atom stereocenters. The van der Waals surface area contributed by atoms with Crippen LogP contribution in [0.4, 0.5) is 5.69 Å². The van der Waals surface area contributed by atoms with Crippen LogP contribution >= 0.6 is 0 Å². The Morgan fingerprint density at radius 1 is 1.50 bits per heavy atom. The first-order valence-corrected chi connectivity index (χ1v) is 5.05. The lowest BCUT2D eigenvalue weighted by Gasteiger charge is -2.17. The second-order valence-corrected chi connectivity index (χ2v) is 3.87. The van der Waals surface area contributed by atoms with Crippen LogP contribution in [0.5, 0.6) is 0 Å². The molecule has 76 valence electrons. The fraction of sp³-hybridized carbons (Fsp3) is 0.545. The van der Waals surface area contributed by atoms with Gasteiger partial charge in [0.2, 0.25) is 0 Å². The number of nitrogens with one attached hydrogen (secondary N) is 1. The van der Waals surface area contributed by atoms with Crippen LogP contribution in [0.15, 0.2) is 18.5 Å². The lowest BCUT2D eigenvalue weighted by Crippen LogP contribution is -2.26. The van der Waals surface area contributed by atoms with Gasteiger partial charge in [-0.25, -0.2) is 0 Å². The van der Waals surface area contributed by atoms with Gasteiger partial charge in [-0.15, -0.1) is 0 Å². The monoisotopic (exact) mass is 192 g/mol. The molecule has 1 aliphatic heterocycles. The van der Waals surface area contributed by atoms with Crippen molar-refractivity contribution in [2.45, 2.75) is 32.4 Å². The van der Waals surface area contributed by atoms with Gasteiger partial charge in [-0.2, -0.15) is 0 Å². The maximum absolute atomic E-state index is 5.48. The predicted octanol–water partition coefficient (Wildman–Crippen LogP) is 1.98. The van der Waals surface area contributed by atoms with Crippen molar-refractivity contribution in [2.75, 3.05) is 11.9 Å². The summed E-state index contributed by atoms with van der Waals surface area (Å²) in [5, 5.41) is 3.44. The third-order valence-corrected chi connectivity index (χ3v) is 2.60. The number of aromatic nitrogens is 1. The molecule has 1 aromatic heterocycles. The van der Waals surface area contributed by atoms with E-state index in [4.69, 9.17) is 4.74 Å². The van der Waals surface area contributed by atoms with Gasteiger partial charge in [-0.05, 0) is 31.9 Å². The summed E-state index contributed by atoms with van der Waals surface area (Å²) in [6, 6.07) is 2.54. The number of hydrogen-bond donors (Lipinski definition) is 1. The SMILES string of the molecule is Cc1cncc(NC2CCOC2C)c1. The van der Waals surface area contributed by atoms with Crippen LogP contribution in [0, 0.1) is 6.92 Å². The highest BCUT2D eigenvalue weighted by Gasteiger charge is 2.23. The highest BCUT2D eigenvalue weighted by atomic mass is 16.5. The summed E-state index contributed by atoms with van der Waals surface area (Å²) < 4.78 is 5.48. The van der Waals surface area contributed by atoms with Gasteiger partial charge in [0.05, 0.1) is 17.8 Å². The minimum atomic E-state index is 0.301. The fourth-order valence-electron chi connectivity index (χ4n) is 1.77. The molecular weight excluding hydrogens is 176 g/mol. The standard InChI is InChI=1S/C11H16N2O/c1-8-5-10(7-12-6-8)13-11-3-4-14-9(11)2/h5-7,9,11,13H,3-4H2,1-2H3. The Morgan fingerprint density at radius 3 is 3.00 bits per heavy atom. The summed E-state index contributed by atoms with van der Waals surface area (Å²) in [6.07, 6.45) is 5.10. The van der Waals surface area contributed by atoms with Crippen molar-refractivity contribution in [3.63, 3.8) is 0 Å². The van der Waals surface area contributed by atoms with E-state index in [2.05, 4.69) is 23.3 Å². The zero-order chi connectivity index (χ0) is 9.97. The second-order valence-electron chi connectivity index (χ2n) is 3.87. The minimum absolute atomic E-state index is 0.301. The number of nitrogens with zero attached hydrogens (tertiary/aromatic N) is 1. The number of anilines is 1. The molecule has 2 heterocycles. The van der Waals surface area contributed by atoms with Crippen LogP contribution in [-0.2, 0) is 4.74 Å². The topological polar surface area (TPSA) is 34.2 Å². The van der Waals surface area contributed by atoms with Gasteiger partial charge >= 0.3 is 0 Å². The first-order valence-electron chi connectivity index (χ1n) is 5.05. The highest BCUT2D eigenvalue weighted by molar-refractivity contribution is 5.43. The van der Waals surface area contributed by atoms with Gasteiger partial charge in [0.1, 0.15) is 0 Å². The number of rotatable bonds is 2. The summed E-state index contributed by atoms with van der Waals surface area (Å²) in [5.74, 6) is 0. The van der Waals surface area contributed by atoms with Gasteiger partial charge in [0, 0.05) is 19.0 Å². The molecule has 0 spiro atoms. The third kappa shape index (κ3) is 2.04. The molecule has 3 nitrogen and oxygen atoms in total. The first kappa shape index (κ1) is 9.46. The summed E-state index contributed by atoms with van der Waals surface area (Å²) in [5.41, 5.74) is 2.27. The molecule has 0 aromatic carbocycles. The molecule has 1 aliphatic rings.